The van der Waals surface area contributed by atoms with Crippen molar-refractivity contribution in [2.24, 2.45) is 22.7 Å². The van der Waals surface area contributed by atoms with Gasteiger partial charge in [0.15, 0.2) is 5.81 Å². The first-order chi connectivity index (χ1) is 33.9. The van der Waals surface area contributed by atoms with Gasteiger partial charge in [-0.15, -0.1) is 0 Å². The number of carbonyl (C=O) groups is 5. The van der Waals surface area contributed by atoms with Crippen LogP contribution < -0.4 is 26.6 Å². The SMILES string of the molecule is CCCCCCCCC(CCCCCC)C(=O)NCC(C)(C)COCC(C)(C)CNC(=O)[C@H](CCC(=O)NCC(C)(C)OC(C)(C)CNC(=O)C(CCCCCC)CCCCCCCC)NC(=O)BC(C)C. The van der Waals surface area contributed by atoms with E-state index >= 15 is 0 Å². The molecule has 0 aromatic carbocycles. The molecular formula is C59H116BN5O7. The minimum Gasteiger partial charge on any atom is -0.380 e. The van der Waals surface area contributed by atoms with Gasteiger partial charge in [0, 0.05) is 55.3 Å². The van der Waals surface area contributed by atoms with Crippen molar-refractivity contribution < 1.29 is 33.4 Å². The molecule has 5 N–H and O–H groups in total. The van der Waals surface area contributed by atoms with Crippen molar-refractivity contribution in [1.82, 2.24) is 26.6 Å². The number of nitrogens with one attached hydrogen (secondary N) is 5. The Bertz CT molecular complexity index is 1450. The van der Waals surface area contributed by atoms with Crippen molar-refractivity contribution in [3.8, 4) is 0 Å². The maximum Gasteiger partial charge on any atom is 0.242 e. The minimum atomic E-state index is -0.888. The third-order valence-electron chi connectivity index (χ3n) is 13.7. The molecule has 0 saturated carbocycles. The summed E-state index contributed by atoms with van der Waals surface area (Å²) in [6.45, 7) is 31.1. The summed E-state index contributed by atoms with van der Waals surface area (Å²) in [4.78, 5) is 66.9. The van der Waals surface area contributed by atoms with Crippen LogP contribution in [0.3, 0.4) is 0 Å². The third-order valence-corrected chi connectivity index (χ3v) is 13.7. The topological polar surface area (TPSA) is 164 Å². The highest BCUT2D eigenvalue weighted by molar-refractivity contribution is 6.74. The molecule has 0 heterocycles. The molecule has 0 aliphatic rings. The van der Waals surface area contributed by atoms with Gasteiger partial charge in [0.25, 0.3) is 0 Å². The third kappa shape index (κ3) is 38.0. The molecule has 0 radical (unpaired) electrons. The molecule has 12 nitrogen and oxygen atoms in total. The lowest BCUT2D eigenvalue weighted by Crippen LogP contribution is -2.51. The van der Waals surface area contributed by atoms with Gasteiger partial charge in [-0.1, -0.05) is 203 Å². The van der Waals surface area contributed by atoms with Crippen LogP contribution in [0.4, 0.5) is 4.79 Å². The van der Waals surface area contributed by atoms with E-state index in [0.29, 0.717) is 32.8 Å². The molecule has 3 atom stereocenters. The first-order valence-corrected chi connectivity index (χ1v) is 29.6. The zero-order valence-corrected chi connectivity index (χ0v) is 49.5. The van der Waals surface area contributed by atoms with E-state index < -0.39 is 22.7 Å². The van der Waals surface area contributed by atoms with Crippen LogP contribution in [0.2, 0.25) is 5.82 Å². The molecule has 72 heavy (non-hydrogen) atoms. The van der Waals surface area contributed by atoms with Gasteiger partial charge in [-0.3, -0.25) is 24.0 Å². The second kappa shape index (κ2) is 39.7. The lowest BCUT2D eigenvalue weighted by molar-refractivity contribution is -0.137. The van der Waals surface area contributed by atoms with Gasteiger partial charge in [-0.2, -0.15) is 0 Å². The molecule has 13 heteroatoms. The summed E-state index contributed by atoms with van der Waals surface area (Å²) in [5.41, 5.74) is -2.14. The van der Waals surface area contributed by atoms with E-state index in [9.17, 15) is 24.0 Å². The zero-order valence-electron chi connectivity index (χ0n) is 49.5. The summed E-state index contributed by atoms with van der Waals surface area (Å²) in [5, 5.41) is 15.4. The lowest BCUT2D eigenvalue weighted by Gasteiger charge is -2.36. The molecule has 0 aliphatic heterocycles. The summed E-state index contributed by atoms with van der Waals surface area (Å²) >= 11 is 0. The molecule has 0 aromatic heterocycles. The highest BCUT2D eigenvalue weighted by Gasteiger charge is 2.32. The van der Waals surface area contributed by atoms with Crippen LogP contribution in [0.1, 0.15) is 264 Å². The molecule has 2 unspecified atom stereocenters. The largest absolute Gasteiger partial charge is 0.380 e. The van der Waals surface area contributed by atoms with Crippen LogP contribution >= 0.6 is 0 Å². The summed E-state index contributed by atoms with van der Waals surface area (Å²) in [7, 11) is 0.269. The van der Waals surface area contributed by atoms with Gasteiger partial charge in [0.1, 0.15) is 6.04 Å². The Morgan fingerprint density at radius 3 is 1.19 bits per heavy atom. The van der Waals surface area contributed by atoms with Crippen LogP contribution in [0.15, 0.2) is 0 Å². The van der Waals surface area contributed by atoms with E-state index in [4.69, 9.17) is 9.47 Å². The number of rotatable bonds is 47. The number of ether oxygens (including phenoxy) is 2. The van der Waals surface area contributed by atoms with Crippen LogP contribution in [-0.2, 0) is 28.7 Å². The lowest BCUT2D eigenvalue weighted by atomic mass is 9.65. The van der Waals surface area contributed by atoms with E-state index in [-0.39, 0.29) is 79.2 Å². The summed E-state index contributed by atoms with van der Waals surface area (Å²) in [6, 6.07) is -0.888. The second-order valence-electron chi connectivity index (χ2n) is 24.8. The molecule has 0 spiro atoms. The van der Waals surface area contributed by atoms with Gasteiger partial charge in [0.05, 0.1) is 24.4 Å². The van der Waals surface area contributed by atoms with Crippen LogP contribution in [0, 0.1) is 22.7 Å². The molecular weight excluding hydrogens is 901 g/mol. The number of hydrogen-bond acceptors (Lipinski definition) is 7. The molecule has 0 aromatic rings. The van der Waals surface area contributed by atoms with Crippen molar-refractivity contribution in [3.63, 3.8) is 0 Å². The van der Waals surface area contributed by atoms with Gasteiger partial charge < -0.3 is 36.1 Å². The average Bonchev–Trinajstić information content (AvgIpc) is 3.30. The highest BCUT2D eigenvalue weighted by Crippen LogP contribution is 2.25. The molecule has 0 fully saturated rings. The molecule has 0 aliphatic carbocycles. The predicted octanol–water partition coefficient (Wildman–Crippen LogP) is 12.9. The smallest absolute Gasteiger partial charge is 0.242 e. The second-order valence-corrected chi connectivity index (χ2v) is 24.8. The van der Waals surface area contributed by atoms with E-state index in [2.05, 4.69) is 68.1 Å². The number of amides is 5. The average molecular weight is 1020 g/mol. The van der Waals surface area contributed by atoms with Crippen LogP contribution in [-0.4, -0.2) is 93.4 Å². The van der Waals surface area contributed by atoms with E-state index in [1.165, 1.54) is 96.3 Å². The van der Waals surface area contributed by atoms with Gasteiger partial charge in [-0.25, -0.2) is 0 Å². The Kier molecular flexibility index (Phi) is 38.2. The number of hydrogen-bond donors (Lipinski definition) is 5. The van der Waals surface area contributed by atoms with E-state index in [1.54, 1.807) is 0 Å². The minimum absolute atomic E-state index is 0.00959. The van der Waals surface area contributed by atoms with Gasteiger partial charge >= 0.3 is 0 Å². The number of carbonyl (C=O) groups excluding carboxylic acids is 5. The first-order valence-electron chi connectivity index (χ1n) is 29.6. The summed E-state index contributed by atoms with van der Waals surface area (Å²) < 4.78 is 12.8. The fourth-order valence-electron chi connectivity index (χ4n) is 9.25. The van der Waals surface area contributed by atoms with Crippen molar-refractivity contribution in [1.29, 1.82) is 0 Å². The maximum atomic E-state index is 13.7. The van der Waals surface area contributed by atoms with Crippen LogP contribution in [0.25, 0.3) is 0 Å². The van der Waals surface area contributed by atoms with Crippen molar-refractivity contribution in [3.05, 3.63) is 0 Å². The fourth-order valence-corrected chi connectivity index (χ4v) is 9.25. The van der Waals surface area contributed by atoms with E-state index in [1.807, 2.05) is 55.4 Å². The molecule has 0 rings (SSSR count). The Hall–Kier alpha value is -2.67. The molecule has 0 saturated heterocycles. The zero-order chi connectivity index (χ0) is 54.5. The summed E-state index contributed by atoms with van der Waals surface area (Å²) in [5.74, 6) is -0.390. The Morgan fingerprint density at radius 2 is 0.792 bits per heavy atom. The van der Waals surface area contributed by atoms with Crippen molar-refractivity contribution >= 4 is 36.7 Å². The quantitative estimate of drug-likeness (QED) is 0.0299. The van der Waals surface area contributed by atoms with Gasteiger partial charge in [0.2, 0.25) is 30.9 Å². The van der Waals surface area contributed by atoms with Crippen molar-refractivity contribution in [2.75, 3.05) is 39.4 Å². The monoisotopic (exact) mass is 1020 g/mol. The summed E-state index contributed by atoms with van der Waals surface area (Å²) in [6.07, 6.45) is 27.7. The highest BCUT2D eigenvalue weighted by atomic mass is 16.5. The normalized spacial score (nSPS) is 13.6. The standard InChI is InChI=1S/C59H116BN5O7/c1-15-19-23-27-29-33-37-48(35-31-25-21-17-3)52(67)62-41-56(7,8)45-71-46-57(9,10)42-63-54(69)50(65-55(70)60-47(5)6)39-40-51(66)61-43-58(11,12)72-59(13,14)44-64-53(68)49(36-32-26-22-18-4)38-34-30-28-24-20-16-2/h47-50,60H,15-46H2,1-14H3,(H,61,66)(H,62,67)(H,63,69)(H,64,68)(H,65,70)/t48?,49?,50-/m0/s1. The van der Waals surface area contributed by atoms with E-state index in [0.717, 1.165) is 57.8 Å². The molecule has 422 valence electrons. The Labute approximate surface area is 444 Å². The maximum absolute atomic E-state index is 13.7. The molecule has 0 bridgehead atoms. The first kappa shape index (κ1) is 69.3. The fraction of sp³-hybridized carbons (Fsp3) is 0.915. The van der Waals surface area contributed by atoms with Gasteiger partial charge in [-0.05, 0) is 59.8 Å². The predicted molar refractivity (Wildman–Crippen MR) is 304 cm³/mol. The number of unbranched alkanes of at least 4 members (excludes halogenated alkanes) is 16. The van der Waals surface area contributed by atoms with Crippen LogP contribution in [0.5, 0.6) is 0 Å². The van der Waals surface area contributed by atoms with Crippen molar-refractivity contribution in [2.45, 2.75) is 287 Å². The Morgan fingerprint density at radius 1 is 0.444 bits per heavy atom. The molecule has 5 amide bonds. The Balaban J connectivity index is 5.29.